The predicted molar refractivity (Wildman–Crippen MR) is 96.7 cm³/mol. The van der Waals surface area contributed by atoms with Crippen LogP contribution in [0.4, 0.5) is 8.78 Å². The van der Waals surface area contributed by atoms with Crippen LogP contribution in [0.15, 0.2) is 34.6 Å². The minimum atomic E-state index is -2.48. The van der Waals surface area contributed by atoms with Gasteiger partial charge in [-0.1, -0.05) is 12.1 Å². The van der Waals surface area contributed by atoms with E-state index in [1.807, 2.05) is 13.0 Å². The van der Waals surface area contributed by atoms with Gasteiger partial charge >= 0.3 is 0 Å². The summed E-state index contributed by atoms with van der Waals surface area (Å²) in [4.78, 5) is 8.59. The molecule has 1 heterocycles. The highest BCUT2D eigenvalue weighted by Crippen LogP contribution is 2.14. The smallest absolute Gasteiger partial charge is 0.272 e. The van der Waals surface area contributed by atoms with E-state index in [1.54, 1.807) is 36.6 Å². The molecule has 0 fully saturated rings. The molecule has 0 radical (unpaired) electrons. The molecule has 0 aliphatic heterocycles. The lowest BCUT2D eigenvalue weighted by Crippen LogP contribution is -2.37. The number of aliphatic imine (C=N–C) groups is 1. The highest BCUT2D eigenvalue weighted by atomic mass is 32.1. The number of alkyl halides is 2. The highest BCUT2D eigenvalue weighted by Gasteiger charge is 2.05. The van der Waals surface area contributed by atoms with E-state index in [4.69, 9.17) is 4.74 Å². The van der Waals surface area contributed by atoms with E-state index < -0.39 is 13.0 Å². The van der Waals surface area contributed by atoms with Crippen LogP contribution in [0.1, 0.15) is 16.3 Å². The van der Waals surface area contributed by atoms with Gasteiger partial charge in [-0.15, -0.1) is 11.3 Å². The molecule has 0 aliphatic carbocycles. The maximum Gasteiger partial charge on any atom is 0.272 e. The number of hydrogen-bond donors (Lipinski definition) is 2. The Kier molecular flexibility index (Phi) is 7.59. The Hall–Kier alpha value is -2.22. The maximum absolute atomic E-state index is 12.2. The van der Waals surface area contributed by atoms with Crippen molar-refractivity contribution in [2.75, 3.05) is 20.2 Å². The molecule has 0 atom stereocenters. The zero-order valence-corrected chi connectivity index (χ0v) is 15.1. The van der Waals surface area contributed by atoms with Gasteiger partial charge in [0.25, 0.3) is 6.43 Å². The van der Waals surface area contributed by atoms with Crippen LogP contribution in [0.2, 0.25) is 0 Å². The SMILES string of the molecule is CN=C(NCCc1csc(C)n1)NCc1cccc(OCC(F)F)c1. The van der Waals surface area contributed by atoms with Crippen LogP contribution in [0.25, 0.3) is 0 Å². The highest BCUT2D eigenvalue weighted by molar-refractivity contribution is 7.09. The molecular formula is C17H22F2N4OS. The van der Waals surface area contributed by atoms with Crippen molar-refractivity contribution >= 4 is 17.3 Å². The summed E-state index contributed by atoms with van der Waals surface area (Å²) in [6, 6.07) is 7.07. The summed E-state index contributed by atoms with van der Waals surface area (Å²) in [7, 11) is 1.70. The van der Waals surface area contributed by atoms with Crippen molar-refractivity contribution < 1.29 is 13.5 Å². The number of hydrogen-bond acceptors (Lipinski definition) is 4. The topological polar surface area (TPSA) is 58.5 Å². The van der Waals surface area contributed by atoms with Crippen LogP contribution < -0.4 is 15.4 Å². The van der Waals surface area contributed by atoms with E-state index in [9.17, 15) is 8.78 Å². The molecule has 8 heteroatoms. The summed E-state index contributed by atoms with van der Waals surface area (Å²) in [5.41, 5.74) is 1.99. The number of aromatic nitrogens is 1. The summed E-state index contributed by atoms with van der Waals surface area (Å²) in [6.45, 7) is 2.62. The van der Waals surface area contributed by atoms with E-state index in [1.165, 1.54) is 0 Å². The predicted octanol–water partition coefficient (Wildman–Crippen LogP) is 3.00. The standard InChI is InChI=1S/C17H22F2N4OS/c1-12-23-14(11-25-12)6-7-21-17(20-2)22-9-13-4-3-5-15(8-13)24-10-16(18)19/h3-5,8,11,16H,6-7,9-10H2,1-2H3,(H2,20,21,22). The fourth-order valence-corrected chi connectivity index (χ4v) is 2.79. The molecule has 0 bridgehead atoms. The molecule has 5 nitrogen and oxygen atoms in total. The van der Waals surface area contributed by atoms with E-state index in [0.29, 0.717) is 18.3 Å². The Morgan fingerprint density at radius 2 is 2.20 bits per heavy atom. The Balaban J connectivity index is 1.77. The molecule has 136 valence electrons. The average molecular weight is 368 g/mol. The molecule has 25 heavy (non-hydrogen) atoms. The summed E-state index contributed by atoms with van der Waals surface area (Å²) in [5, 5.41) is 9.53. The largest absolute Gasteiger partial charge is 0.488 e. The van der Waals surface area contributed by atoms with Crippen molar-refractivity contribution in [1.82, 2.24) is 15.6 Å². The first-order valence-corrected chi connectivity index (χ1v) is 8.80. The minimum absolute atomic E-state index is 0.432. The Morgan fingerprint density at radius 1 is 1.36 bits per heavy atom. The molecule has 0 spiro atoms. The fourth-order valence-electron chi connectivity index (χ4n) is 2.14. The second-order valence-corrected chi connectivity index (χ2v) is 6.37. The number of thiazole rings is 1. The van der Waals surface area contributed by atoms with Crippen molar-refractivity contribution in [2.45, 2.75) is 26.3 Å². The minimum Gasteiger partial charge on any atom is -0.488 e. The van der Waals surface area contributed by atoms with Gasteiger partial charge in [-0.05, 0) is 24.6 Å². The summed E-state index contributed by atoms with van der Waals surface area (Å²) in [6.07, 6.45) is -1.66. The van der Waals surface area contributed by atoms with Crippen LogP contribution in [0.3, 0.4) is 0 Å². The summed E-state index contributed by atoms with van der Waals surface area (Å²) < 4.78 is 29.4. The molecular weight excluding hydrogens is 346 g/mol. The van der Waals surface area contributed by atoms with Crippen molar-refractivity contribution in [3.63, 3.8) is 0 Å². The van der Waals surface area contributed by atoms with Crippen molar-refractivity contribution in [2.24, 2.45) is 4.99 Å². The molecule has 2 N–H and O–H groups in total. The number of guanidine groups is 1. The third-order valence-electron chi connectivity index (χ3n) is 3.30. The first-order chi connectivity index (χ1) is 12.1. The molecule has 0 amide bonds. The number of aryl methyl sites for hydroxylation is 1. The van der Waals surface area contributed by atoms with Gasteiger partial charge in [0.2, 0.25) is 0 Å². The molecule has 0 unspecified atom stereocenters. The normalized spacial score (nSPS) is 11.6. The van der Waals surface area contributed by atoms with E-state index in [2.05, 4.69) is 26.0 Å². The van der Waals surface area contributed by atoms with Gasteiger partial charge in [0.05, 0.1) is 10.7 Å². The second-order valence-electron chi connectivity index (χ2n) is 5.31. The number of ether oxygens (including phenoxy) is 1. The Bertz CT molecular complexity index is 691. The average Bonchev–Trinajstić information content (AvgIpc) is 3.01. The van der Waals surface area contributed by atoms with Gasteiger partial charge in [0.1, 0.15) is 12.4 Å². The van der Waals surface area contributed by atoms with Gasteiger partial charge in [-0.2, -0.15) is 0 Å². The molecule has 0 aliphatic rings. The lowest BCUT2D eigenvalue weighted by molar-refractivity contribution is 0.0818. The maximum atomic E-state index is 12.2. The van der Waals surface area contributed by atoms with Crippen LogP contribution in [-0.4, -0.2) is 37.6 Å². The van der Waals surface area contributed by atoms with Gasteiger partial charge in [-0.3, -0.25) is 4.99 Å². The second kappa shape index (κ2) is 9.93. The molecule has 1 aromatic carbocycles. The lowest BCUT2D eigenvalue weighted by atomic mass is 10.2. The van der Waals surface area contributed by atoms with E-state index >= 15 is 0 Å². The summed E-state index contributed by atoms with van der Waals surface area (Å²) >= 11 is 1.64. The van der Waals surface area contributed by atoms with Gasteiger partial charge in [0.15, 0.2) is 5.96 Å². The molecule has 1 aromatic heterocycles. The fraction of sp³-hybridized carbons (Fsp3) is 0.412. The van der Waals surface area contributed by atoms with E-state index in [0.717, 1.165) is 29.2 Å². The van der Waals surface area contributed by atoms with Crippen LogP contribution in [-0.2, 0) is 13.0 Å². The van der Waals surface area contributed by atoms with Crippen molar-refractivity contribution in [3.8, 4) is 5.75 Å². The zero-order chi connectivity index (χ0) is 18.1. The van der Waals surface area contributed by atoms with E-state index in [-0.39, 0.29) is 0 Å². The first-order valence-electron chi connectivity index (χ1n) is 7.92. The van der Waals surface area contributed by atoms with Crippen LogP contribution in [0, 0.1) is 6.92 Å². The molecule has 0 saturated carbocycles. The van der Waals surface area contributed by atoms with Crippen molar-refractivity contribution in [1.29, 1.82) is 0 Å². The Labute approximate surface area is 150 Å². The monoisotopic (exact) mass is 368 g/mol. The van der Waals surface area contributed by atoms with Crippen LogP contribution >= 0.6 is 11.3 Å². The van der Waals surface area contributed by atoms with Crippen molar-refractivity contribution in [3.05, 3.63) is 45.9 Å². The number of halogens is 2. The molecule has 2 aromatic rings. The molecule has 2 rings (SSSR count). The zero-order valence-electron chi connectivity index (χ0n) is 14.3. The quantitative estimate of drug-likeness (QED) is 0.556. The van der Waals surface area contributed by atoms with Gasteiger partial charge in [0, 0.05) is 31.9 Å². The number of nitrogens with zero attached hydrogens (tertiary/aromatic N) is 2. The third-order valence-corrected chi connectivity index (χ3v) is 4.12. The number of nitrogens with one attached hydrogen (secondary N) is 2. The number of rotatable bonds is 8. The lowest BCUT2D eigenvalue weighted by Gasteiger charge is -2.12. The van der Waals surface area contributed by atoms with Gasteiger partial charge < -0.3 is 15.4 Å². The Morgan fingerprint density at radius 3 is 2.88 bits per heavy atom. The van der Waals surface area contributed by atoms with Gasteiger partial charge in [-0.25, -0.2) is 13.8 Å². The summed E-state index contributed by atoms with van der Waals surface area (Å²) in [5.74, 6) is 1.10. The first kappa shape index (κ1) is 19.1. The number of benzene rings is 1. The third kappa shape index (κ3) is 7.04. The van der Waals surface area contributed by atoms with Crippen LogP contribution in [0.5, 0.6) is 5.75 Å². The molecule has 0 saturated heterocycles.